The Morgan fingerprint density at radius 3 is 2.48 bits per heavy atom. The quantitative estimate of drug-likeness (QED) is 0.335. The summed E-state index contributed by atoms with van der Waals surface area (Å²) in [4.78, 5) is 11.6. The summed E-state index contributed by atoms with van der Waals surface area (Å²) in [6, 6.07) is 10.7. The molecule has 1 fully saturated rings. The summed E-state index contributed by atoms with van der Waals surface area (Å²) in [7, 11) is 8.02. The van der Waals surface area contributed by atoms with E-state index in [-0.39, 0.29) is 30.0 Å². The van der Waals surface area contributed by atoms with E-state index in [0.29, 0.717) is 0 Å². The highest BCUT2D eigenvalue weighted by molar-refractivity contribution is 14.0. The van der Waals surface area contributed by atoms with Crippen LogP contribution in [-0.2, 0) is 7.05 Å². The van der Waals surface area contributed by atoms with Crippen molar-refractivity contribution >= 4 is 36.0 Å². The highest BCUT2D eigenvalue weighted by Gasteiger charge is 2.21. The number of aromatic nitrogens is 2. The van der Waals surface area contributed by atoms with Crippen LogP contribution < -0.4 is 5.32 Å². The van der Waals surface area contributed by atoms with Gasteiger partial charge in [-0.2, -0.15) is 5.10 Å². The van der Waals surface area contributed by atoms with E-state index < -0.39 is 0 Å². The fraction of sp³-hybridized carbons (Fsp3) is 0.478. The lowest BCUT2D eigenvalue weighted by atomic mass is 10.1. The largest absolute Gasteiger partial charge is 0.354 e. The van der Waals surface area contributed by atoms with E-state index >= 15 is 0 Å². The Morgan fingerprint density at radius 1 is 1.19 bits per heavy atom. The summed E-state index contributed by atoms with van der Waals surface area (Å²) >= 11 is 0. The Bertz CT molecular complexity index is 823. The number of aryl methyl sites for hydroxylation is 1. The van der Waals surface area contributed by atoms with Crippen LogP contribution in [0.3, 0.4) is 0 Å². The molecule has 1 N–H and O–H groups in total. The lowest BCUT2D eigenvalue weighted by molar-refractivity contribution is 0.193. The summed E-state index contributed by atoms with van der Waals surface area (Å²) in [5.74, 6) is 0.977. The van der Waals surface area contributed by atoms with Gasteiger partial charge in [-0.05, 0) is 19.7 Å². The van der Waals surface area contributed by atoms with Crippen molar-refractivity contribution in [2.24, 2.45) is 12.0 Å². The Labute approximate surface area is 203 Å². The van der Waals surface area contributed by atoms with Crippen molar-refractivity contribution in [1.82, 2.24) is 29.8 Å². The zero-order valence-electron chi connectivity index (χ0n) is 19.1. The van der Waals surface area contributed by atoms with Crippen LogP contribution in [0.1, 0.15) is 17.2 Å². The second-order valence-electron chi connectivity index (χ2n) is 7.96. The molecular weight excluding hydrogens is 501 g/mol. The number of piperazine rings is 1. The number of benzene rings is 1. The van der Waals surface area contributed by atoms with E-state index in [2.05, 4.69) is 92.9 Å². The van der Waals surface area contributed by atoms with Gasteiger partial charge in [-0.3, -0.25) is 14.6 Å². The molecule has 3 rings (SSSR count). The number of aliphatic imine (C=N–C) groups is 1. The van der Waals surface area contributed by atoms with Gasteiger partial charge in [-0.25, -0.2) is 0 Å². The first-order valence-electron chi connectivity index (χ1n) is 10.6. The van der Waals surface area contributed by atoms with Crippen molar-refractivity contribution in [3.63, 3.8) is 0 Å². The average Bonchev–Trinajstić information content (AvgIpc) is 3.18. The normalized spacial score (nSPS) is 16.5. The Hall–Kier alpha value is -1.91. The molecule has 0 amide bonds. The summed E-state index contributed by atoms with van der Waals surface area (Å²) < 4.78 is 1.85. The van der Waals surface area contributed by atoms with Crippen molar-refractivity contribution in [3.8, 4) is 0 Å². The van der Waals surface area contributed by atoms with E-state index in [1.54, 1.807) is 0 Å². The third-order valence-corrected chi connectivity index (χ3v) is 5.54. The van der Waals surface area contributed by atoms with Crippen molar-refractivity contribution < 1.29 is 0 Å². The standard InChI is InChI=1S/C23H35N7.HI/c1-24-23(25-18-22(27(2)3)21-17-26-28(4)19-21)30-15-13-29(14-16-30)12-8-11-20-9-6-5-7-10-20;/h5-11,17,19,22H,12-16,18H2,1-4H3,(H,24,25);1H/b11-8+;. The lowest BCUT2D eigenvalue weighted by Crippen LogP contribution is -2.53. The molecule has 1 atom stereocenters. The molecule has 170 valence electrons. The summed E-state index contributed by atoms with van der Waals surface area (Å²) in [6.45, 7) is 5.83. The fourth-order valence-corrected chi connectivity index (χ4v) is 3.78. The molecule has 1 aliphatic rings. The number of guanidine groups is 1. The molecule has 8 heteroatoms. The van der Waals surface area contributed by atoms with Crippen LogP contribution in [0.25, 0.3) is 6.08 Å². The number of nitrogens with zero attached hydrogens (tertiary/aromatic N) is 6. The second-order valence-corrected chi connectivity index (χ2v) is 7.96. The number of rotatable bonds is 7. The van der Waals surface area contributed by atoms with Gasteiger partial charge in [0.2, 0.25) is 0 Å². The van der Waals surface area contributed by atoms with Crippen molar-refractivity contribution in [2.75, 3.05) is 60.4 Å². The maximum absolute atomic E-state index is 4.53. The van der Waals surface area contributed by atoms with Crippen LogP contribution in [0.5, 0.6) is 0 Å². The van der Waals surface area contributed by atoms with E-state index in [1.165, 1.54) is 11.1 Å². The van der Waals surface area contributed by atoms with Crippen LogP contribution in [0.4, 0.5) is 0 Å². The van der Waals surface area contributed by atoms with E-state index in [0.717, 1.165) is 45.2 Å². The van der Waals surface area contributed by atoms with Crippen molar-refractivity contribution in [2.45, 2.75) is 6.04 Å². The first-order valence-corrected chi connectivity index (χ1v) is 10.6. The van der Waals surface area contributed by atoms with Crippen molar-refractivity contribution in [3.05, 3.63) is 59.9 Å². The fourth-order valence-electron chi connectivity index (χ4n) is 3.78. The van der Waals surface area contributed by atoms with Gasteiger partial charge in [0.1, 0.15) is 0 Å². The zero-order valence-corrected chi connectivity index (χ0v) is 21.4. The van der Waals surface area contributed by atoms with Gasteiger partial charge in [-0.1, -0.05) is 42.5 Å². The molecular formula is C23H36IN7. The maximum Gasteiger partial charge on any atom is 0.193 e. The van der Waals surface area contributed by atoms with Gasteiger partial charge in [0.15, 0.2) is 5.96 Å². The van der Waals surface area contributed by atoms with Gasteiger partial charge in [0.25, 0.3) is 0 Å². The molecule has 0 radical (unpaired) electrons. The number of halogens is 1. The molecule has 0 aliphatic carbocycles. The number of hydrogen-bond donors (Lipinski definition) is 1. The topological polar surface area (TPSA) is 51.9 Å². The summed E-state index contributed by atoms with van der Waals surface area (Å²) in [6.07, 6.45) is 8.48. The summed E-state index contributed by atoms with van der Waals surface area (Å²) in [5.41, 5.74) is 2.46. The van der Waals surface area contributed by atoms with E-state index in [9.17, 15) is 0 Å². The van der Waals surface area contributed by atoms with Crippen LogP contribution >= 0.6 is 24.0 Å². The minimum Gasteiger partial charge on any atom is -0.354 e. The van der Waals surface area contributed by atoms with E-state index in [1.807, 2.05) is 25.0 Å². The predicted octanol–water partition coefficient (Wildman–Crippen LogP) is 2.55. The average molecular weight is 537 g/mol. The smallest absolute Gasteiger partial charge is 0.193 e. The zero-order chi connectivity index (χ0) is 21.3. The van der Waals surface area contributed by atoms with E-state index in [4.69, 9.17) is 0 Å². The highest BCUT2D eigenvalue weighted by atomic mass is 127. The van der Waals surface area contributed by atoms with Gasteiger partial charge >= 0.3 is 0 Å². The highest BCUT2D eigenvalue weighted by Crippen LogP contribution is 2.16. The Morgan fingerprint density at radius 2 is 1.90 bits per heavy atom. The predicted molar refractivity (Wildman–Crippen MR) is 140 cm³/mol. The third kappa shape index (κ3) is 7.62. The molecule has 2 heterocycles. The molecule has 1 aromatic carbocycles. The molecule has 0 bridgehead atoms. The molecule has 0 spiro atoms. The first-order chi connectivity index (χ1) is 14.6. The molecule has 1 unspecified atom stereocenters. The maximum atomic E-state index is 4.53. The van der Waals surface area contributed by atoms with Crippen LogP contribution in [0, 0.1) is 0 Å². The van der Waals surface area contributed by atoms with Crippen LogP contribution in [-0.4, -0.2) is 90.9 Å². The molecule has 7 nitrogen and oxygen atoms in total. The third-order valence-electron chi connectivity index (χ3n) is 5.54. The molecule has 1 saturated heterocycles. The first kappa shape index (κ1) is 25.4. The number of likely N-dealkylation sites (N-methyl/N-ethyl adjacent to an activating group) is 1. The molecule has 31 heavy (non-hydrogen) atoms. The van der Waals surface area contributed by atoms with Gasteiger partial charge in [0, 0.05) is 65.1 Å². The lowest BCUT2D eigenvalue weighted by Gasteiger charge is -2.36. The molecule has 2 aromatic rings. The monoisotopic (exact) mass is 537 g/mol. The van der Waals surface area contributed by atoms with Gasteiger partial charge in [0.05, 0.1) is 12.2 Å². The molecule has 0 saturated carbocycles. The molecule has 1 aliphatic heterocycles. The Balaban J connectivity index is 0.00000341. The van der Waals surface area contributed by atoms with Gasteiger partial charge < -0.3 is 15.1 Å². The SMILES string of the molecule is CN=C(NCC(c1cnn(C)c1)N(C)C)N1CCN(C/C=C/c2ccccc2)CC1.I. The Kier molecular flexibility index (Phi) is 10.5. The van der Waals surface area contributed by atoms with Gasteiger partial charge in [-0.15, -0.1) is 24.0 Å². The van der Waals surface area contributed by atoms with Crippen LogP contribution in [0.15, 0.2) is 53.8 Å². The molecule has 1 aromatic heterocycles. The summed E-state index contributed by atoms with van der Waals surface area (Å²) in [5, 5.41) is 7.89. The number of hydrogen-bond acceptors (Lipinski definition) is 4. The second kappa shape index (κ2) is 12.8. The minimum atomic E-state index is 0. The minimum absolute atomic E-state index is 0. The van der Waals surface area contributed by atoms with Crippen LogP contribution in [0.2, 0.25) is 0 Å². The van der Waals surface area contributed by atoms with Crippen molar-refractivity contribution in [1.29, 1.82) is 0 Å². The number of nitrogens with one attached hydrogen (secondary N) is 1.